The second-order valence-corrected chi connectivity index (χ2v) is 6.55. The van der Waals surface area contributed by atoms with Gasteiger partial charge in [0.25, 0.3) is 0 Å². The molecule has 0 radical (unpaired) electrons. The topological polar surface area (TPSA) is 38.9 Å². The average molecular weight is 282 g/mol. The zero-order valence-corrected chi connectivity index (χ0v) is 13.5. The molecule has 0 spiro atoms. The van der Waals surface area contributed by atoms with Crippen LogP contribution in [-0.4, -0.2) is 11.0 Å². The molecule has 0 amide bonds. The highest BCUT2D eigenvalue weighted by Crippen LogP contribution is 2.14. The molecule has 1 unspecified atom stereocenters. The van der Waals surface area contributed by atoms with Gasteiger partial charge in [0.05, 0.1) is 5.01 Å². The lowest BCUT2D eigenvalue weighted by atomic mass is 10.0. The highest BCUT2D eigenvalue weighted by molar-refractivity contribution is 7.09. The van der Waals surface area contributed by atoms with Gasteiger partial charge in [0.1, 0.15) is 0 Å². The molecule has 0 saturated carbocycles. The van der Waals surface area contributed by atoms with Gasteiger partial charge in [0, 0.05) is 23.5 Å². The third-order valence-electron chi connectivity index (χ3n) is 3.53. The van der Waals surface area contributed by atoms with Crippen molar-refractivity contribution in [3.63, 3.8) is 0 Å². The van der Waals surface area contributed by atoms with E-state index in [-0.39, 0.29) is 0 Å². The fourth-order valence-electron chi connectivity index (χ4n) is 2.36. The summed E-state index contributed by atoms with van der Waals surface area (Å²) in [7, 11) is 0. The van der Waals surface area contributed by atoms with E-state index >= 15 is 0 Å². The molecule has 3 heteroatoms. The van der Waals surface area contributed by atoms with Crippen molar-refractivity contribution in [2.24, 2.45) is 5.73 Å². The van der Waals surface area contributed by atoms with E-state index in [1.54, 1.807) is 11.3 Å². The lowest BCUT2D eigenvalue weighted by molar-refractivity contribution is 0.524. The van der Waals surface area contributed by atoms with Crippen LogP contribution in [0.1, 0.15) is 75.4 Å². The maximum Gasteiger partial charge on any atom is 0.0943 e. The number of nitrogens with zero attached hydrogens (tertiary/aromatic N) is 1. The van der Waals surface area contributed by atoms with Crippen molar-refractivity contribution in [3.05, 3.63) is 16.1 Å². The Kier molecular flexibility index (Phi) is 9.10. The van der Waals surface area contributed by atoms with Gasteiger partial charge in [-0.2, -0.15) is 0 Å². The first-order valence-electron chi connectivity index (χ1n) is 7.89. The van der Waals surface area contributed by atoms with Gasteiger partial charge in [-0.25, -0.2) is 4.98 Å². The second kappa shape index (κ2) is 10.4. The molecule has 19 heavy (non-hydrogen) atoms. The summed E-state index contributed by atoms with van der Waals surface area (Å²) in [6.07, 6.45) is 13.1. The molecule has 0 saturated heterocycles. The van der Waals surface area contributed by atoms with E-state index in [2.05, 4.69) is 17.3 Å². The first-order valence-corrected chi connectivity index (χ1v) is 8.77. The summed E-state index contributed by atoms with van der Waals surface area (Å²) in [5, 5.41) is 3.31. The van der Waals surface area contributed by atoms with Crippen molar-refractivity contribution < 1.29 is 0 Å². The average Bonchev–Trinajstić information content (AvgIpc) is 2.78. The molecule has 1 atom stereocenters. The van der Waals surface area contributed by atoms with Crippen LogP contribution in [-0.2, 0) is 6.42 Å². The Hall–Kier alpha value is -0.410. The van der Waals surface area contributed by atoms with E-state index in [1.807, 2.05) is 6.92 Å². The third kappa shape index (κ3) is 8.38. The molecule has 0 aliphatic carbocycles. The highest BCUT2D eigenvalue weighted by atomic mass is 32.1. The molecule has 1 rings (SSSR count). The van der Waals surface area contributed by atoms with Crippen LogP contribution >= 0.6 is 11.3 Å². The van der Waals surface area contributed by atoms with Crippen molar-refractivity contribution >= 4 is 11.3 Å². The predicted molar refractivity (Wildman–Crippen MR) is 85.8 cm³/mol. The van der Waals surface area contributed by atoms with E-state index in [1.165, 1.54) is 56.4 Å². The molecular weight excluding hydrogens is 252 g/mol. The molecule has 0 bridgehead atoms. The lowest BCUT2D eigenvalue weighted by Crippen LogP contribution is -2.22. The summed E-state index contributed by atoms with van der Waals surface area (Å²) in [6, 6.07) is 0.297. The third-order valence-corrected chi connectivity index (χ3v) is 4.52. The zero-order valence-electron chi connectivity index (χ0n) is 12.7. The zero-order chi connectivity index (χ0) is 13.9. The van der Waals surface area contributed by atoms with Gasteiger partial charge in [0.2, 0.25) is 0 Å². The summed E-state index contributed by atoms with van der Waals surface area (Å²) < 4.78 is 0. The summed E-state index contributed by atoms with van der Waals surface area (Å²) in [6.45, 7) is 4.31. The quantitative estimate of drug-likeness (QED) is 0.589. The van der Waals surface area contributed by atoms with Crippen molar-refractivity contribution in [1.29, 1.82) is 0 Å². The fourth-order valence-corrected chi connectivity index (χ4v) is 3.23. The minimum Gasteiger partial charge on any atom is -0.327 e. The first-order chi connectivity index (χ1) is 9.22. The van der Waals surface area contributed by atoms with Crippen molar-refractivity contribution in [2.45, 2.75) is 84.1 Å². The molecule has 0 fully saturated rings. The molecule has 1 aromatic heterocycles. The number of unbranched alkanes of at least 4 members (excludes halogenated alkanes) is 7. The van der Waals surface area contributed by atoms with Gasteiger partial charge in [-0.1, -0.05) is 58.3 Å². The molecule has 1 heterocycles. The SMILES string of the molecule is CCCCCCCCCCC(N)Cc1nc(C)cs1. The Labute approximate surface area is 122 Å². The van der Waals surface area contributed by atoms with Crippen LogP contribution in [0.2, 0.25) is 0 Å². The molecule has 1 aromatic rings. The molecule has 0 aromatic carbocycles. The summed E-state index contributed by atoms with van der Waals surface area (Å²) in [5.41, 5.74) is 7.29. The van der Waals surface area contributed by atoms with Gasteiger partial charge < -0.3 is 5.73 Å². The summed E-state index contributed by atoms with van der Waals surface area (Å²) in [5.74, 6) is 0. The first kappa shape index (κ1) is 16.6. The summed E-state index contributed by atoms with van der Waals surface area (Å²) in [4.78, 5) is 4.48. The minimum atomic E-state index is 0.297. The van der Waals surface area contributed by atoms with E-state index in [9.17, 15) is 0 Å². The maximum absolute atomic E-state index is 6.16. The van der Waals surface area contributed by atoms with Crippen LogP contribution in [0.15, 0.2) is 5.38 Å². The van der Waals surface area contributed by atoms with Crippen LogP contribution in [0.3, 0.4) is 0 Å². The van der Waals surface area contributed by atoms with Crippen LogP contribution in [0.5, 0.6) is 0 Å². The standard InChI is InChI=1S/C16H30N2S/c1-3-4-5-6-7-8-9-10-11-15(17)12-16-18-14(2)13-19-16/h13,15H,3-12,17H2,1-2H3. The Bertz CT molecular complexity index is 322. The number of rotatable bonds is 11. The van der Waals surface area contributed by atoms with Crippen molar-refractivity contribution in [1.82, 2.24) is 4.98 Å². The van der Waals surface area contributed by atoms with Crippen LogP contribution in [0.4, 0.5) is 0 Å². The van der Waals surface area contributed by atoms with Gasteiger partial charge in [-0.05, 0) is 13.3 Å². The molecule has 2 nitrogen and oxygen atoms in total. The minimum absolute atomic E-state index is 0.297. The lowest BCUT2D eigenvalue weighted by Gasteiger charge is -2.09. The monoisotopic (exact) mass is 282 g/mol. The molecule has 2 N–H and O–H groups in total. The van der Waals surface area contributed by atoms with E-state index < -0.39 is 0 Å². The molecular formula is C16H30N2S. The Morgan fingerprint density at radius 1 is 1.11 bits per heavy atom. The Morgan fingerprint density at radius 3 is 2.32 bits per heavy atom. The molecule has 110 valence electrons. The van der Waals surface area contributed by atoms with E-state index in [0.717, 1.165) is 18.5 Å². The molecule has 0 aliphatic heterocycles. The van der Waals surface area contributed by atoms with Crippen LogP contribution < -0.4 is 5.73 Å². The van der Waals surface area contributed by atoms with Gasteiger partial charge >= 0.3 is 0 Å². The van der Waals surface area contributed by atoms with E-state index in [0.29, 0.717) is 6.04 Å². The molecule has 0 aliphatic rings. The fraction of sp³-hybridized carbons (Fsp3) is 0.812. The normalized spacial score (nSPS) is 12.8. The van der Waals surface area contributed by atoms with Crippen molar-refractivity contribution in [3.8, 4) is 0 Å². The smallest absolute Gasteiger partial charge is 0.0943 e. The second-order valence-electron chi connectivity index (χ2n) is 5.61. The number of thiazole rings is 1. The highest BCUT2D eigenvalue weighted by Gasteiger charge is 2.06. The Balaban J connectivity index is 1.94. The number of hydrogen-bond acceptors (Lipinski definition) is 3. The largest absolute Gasteiger partial charge is 0.327 e. The van der Waals surface area contributed by atoms with Crippen LogP contribution in [0, 0.1) is 6.92 Å². The predicted octanol–water partition coefficient (Wildman–Crippen LogP) is 4.85. The number of hydrogen-bond donors (Lipinski definition) is 1. The number of nitrogens with two attached hydrogens (primary N) is 1. The maximum atomic E-state index is 6.16. The van der Waals surface area contributed by atoms with Crippen molar-refractivity contribution in [2.75, 3.05) is 0 Å². The van der Waals surface area contributed by atoms with Gasteiger partial charge in [-0.3, -0.25) is 0 Å². The van der Waals surface area contributed by atoms with Gasteiger partial charge in [0.15, 0.2) is 0 Å². The van der Waals surface area contributed by atoms with Crippen LogP contribution in [0.25, 0.3) is 0 Å². The number of aromatic nitrogens is 1. The summed E-state index contributed by atoms with van der Waals surface area (Å²) >= 11 is 1.74. The van der Waals surface area contributed by atoms with E-state index in [4.69, 9.17) is 5.73 Å². The van der Waals surface area contributed by atoms with Gasteiger partial charge in [-0.15, -0.1) is 11.3 Å². The Morgan fingerprint density at radius 2 is 1.74 bits per heavy atom. The number of aryl methyl sites for hydroxylation is 1.